The van der Waals surface area contributed by atoms with Crippen LogP contribution in [0.15, 0.2) is 10.7 Å². The van der Waals surface area contributed by atoms with Crippen molar-refractivity contribution in [3.8, 4) is 0 Å². The Morgan fingerprint density at radius 2 is 2.44 bits per heavy atom. The van der Waals surface area contributed by atoms with Crippen LogP contribution in [0.2, 0.25) is 0 Å². The van der Waals surface area contributed by atoms with Gasteiger partial charge in [0.2, 0.25) is 0 Å². The average Bonchev–Trinajstić information content (AvgIpc) is 2.98. The molecule has 6 nitrogen and oxygen atoms in total. The summed E-state index contributed by atoms with van der Waals surface area (Å²) in [6.45, 7) is 3.87. The smallest absolute Gasteiger partial charge is 0.360 e. The highest BCUT2D eigenvalue weighted by molar-refractivity contribution is 5.87. The molecular weight excluding hydrogens is 234 g/mol. The Bertz CT molecular complexity index is 416. The minimum Gasteiger partial charge on any atom is -0.461 e. The summed E-state index contributed by atoms with van der Waals surface area (Å²) in [5.74, 6) is -0.434. The van der Waals surface area contributed by atoms with E-state index in [1.54, 1.807) is 6.92 Å². The molecule has 2 rings (SSSR count). The van der Waals surface area contributed by atoms with Gasteiger partial charge in [-0.1, -0.05) is 0 Å². The molecule has 0 saturated carbocycles. The molecule has 18 heavy (non-hydrogen) atoms. The van der Waals surface area contributed by atoms with Gasteiger partial charge >= 0.3 is 5.97 Å². The van der Waals surface area contributed by atoms with Gasteiger partial charge in [0.25, 0.3) is 6.01 Å². The molecule has 1 aromatic heterocycles. The van der Waals surface area contributed by atoms with Crippen molar-refractivity contribution in [3.63, 3.8) is 0 Å². The first-order chi connectivity index (χ1) is 8.61. The van der Waals surface area contributed by atoms with E-state index in [1.807, 2.05) is 4.90 Å². The van der Waals surface area contributed by atoms with Gasteiger partial charge in [-0.3, -0.25) is 0 Å². The lowest BCUT2D eigenvalue weighted by atomic mass is 10.2. The summed E-state index contributed by atoms with van der Waals surface area (Å²) in [5.41, 5.74) is 0.236. The molecule has 1 atom stereocenters. The minimum atomic E-state index is -0.434. The number of hydrogen-bond donors (Lipinski definition) is 0. The fourth-order valence-corrected chi connectivity index (χ4v) is 2.05. The van der Waals surface area contributed by atoms with Crippen molar-refractivity contribution in [3.05, 3.63) is 12.0 Å². The summed E-state index contributed by atoms with van der Waals surface area (Å²) in [6.07, 6.45) is 2.43. The van der Waals surface area contributed by atoms with E-state index in [0.717, 1.165) is 19.5 Å². The number of carbonyl (C=O) groups is 1. The molecule has 1 aromatic rings. The Hall–Kier alpha value is -1.56. The van der Waals surface area contributed by atoms with Crippen molar-refractivity contribution < 1.29 is 13.9 Å². The number of anilines is 1. The number of aromatic nitrogens is 1. The number of likely N-dealkylation sites (N-methyl/N-ethyl adjacent to an activating group) is 1. The van der Waals surface area contributed by atoms with Crippen LogP contribution in [0.4, 0.5) is 6.01 Å². The molecule has 1 saturated heterocycles. The summed E-state index contributed by atoms with van der Waals surface area (Å²) >= 11 is 0. The van der Waals surface area contributed by atoms with Gasteiger partial charge in [-0.15, -0.1) is 0 Å². The van der Waals surface area contributed by atoms with Crippen molar-refractivity contribution >= 4 is 12.0 Å². The van der Waals surface area contributed by atoms with Crippen LogP contribution in [0.1, 0.15) is 23.8 Å². The van der Waals surface area contributed by atoms with Gasteiger partial charge < -0.3 is 19.0 Å². The topological polar surface area (TPSA) is 58.8 Å². The zero-order chi connectivity index (χ0) is 13.1. The van der Waals surface area contributed by atoms with E-state index >= 15 is 0 Å². The number of hydrogen-bond acceptors (Lipinski definition) is 6. The Labute approximate surface area is 107 Å². The number of carbonyl (C=O) groups excluding carboxylic acids is 1. The number of oxazole rings is 1. The lowest BCUT2D eigenvalue weighted by molar-refractivity contribution is 0.0519. The zero-order valence-corrected chi connectivity index (χ0v) is 11.0. The van der Waals surface area contributed by atoms with Crippen molar-refractivity contribution in [1.82, 2.24) is 9.88 Å². The highest BCUT2D eigenvalue weighted by atomic mass is 16.5. The third-order valence-corrected chi connectivity index (χ3v) is 3.14. The van der Waals surface area contributed by atoms with Crippen LogP contribution < -0.4 is 4.90 Å². The monoisotopic (exact) mass is 253 g/mol. The van der Waals surface area contributed by atoms with E-state index < -0.39 is 5.97 Å². The van der Waals surface area contributed by atoms with E-state index in [-0.39, 0.29) is 5.69 Å². The van der Waals surface area contributed by atoms with E-state index in [1.165, 1.54) is 6.26 Å². The van der Waals surface area contributed by atoms with Crippen molar-refractivity contribution in [2.45, 2.75) is 19.4 Å². The summed E-state index contributed by atoms with van der Waals surface area (Å²) in [7, 11) is 4.13. The second-order valence-corrected chi connectivity index (χ2v) is 4.59. The number of nitrogens with zero attached hydrogens (tertiary/aromatic N) is 3. The Morgan fingerprint density at radius 1 is 1.67 bits per heavy atom. The Kier molecular flexibility index (Phi) is 3.86. The molecule has 0 N–H and O–H groups in total. The first kappa shape index (κ1) is 12.9. The summed E-state index contributed by atoms with van der Waals surface area (Å²) in [6, 6.07) is 1.00. The van der Waals surface area contributed by atoms with Crippen LogP contribution >= 0.6 is 0 Å². The maximum Gasteiger partial charge on any atom is 0.360 e. The number of rotatable bonds is 4. The molecule has 100 valence electrons. The first-order valence-electron chi connectivity index (χ1n) is 6.15. The lowest BCUT2D eigenvalue weighted by Gasteiger charge is -2.19. The maximum atomic E-state index is 11.5. The standard InChI is InChI=1S/C12H19N3O3/c1-4-17-11(16)10-8-18-12(13-10)15-6-5-9(7-15)14(2)3/h8-9H,4-7H2,1-3H3. The number of ether oxygens (including phenoxy) is 1. The largest absolute Gasteiger partial charge is 0.461 e. The molecule has 0 aliphatic carbocycles. The third-order valence-electron chi connectivity index (χ3n) is 3.14. The number of esters is 1. The molecule has 0 radical (unpaired) electrons. The van der Waals surface area contributed by atoms with Crippen LogP contribution in [0.25, 0.3) is 0 Å². The van der Waals surface area contributed by atoms with Crippen molar-refractivity contribution in [2.24, 2.45) is 0 Å². The molecule has 0 bridgehead atoms. The van der Waals surface area contributed by atoms with Gasteiger partial charge in [0.1, 0.15) is 6.26 Å². The van der Waals surface area contributed by atoms with Gasteiger partial charge in [-0.2, -0.15) is 4.98 Å². The van der Waals surface area contributed by atoms with Gasteiger partial charge in [-0.25, -0.2) is 4.79 Å². The molecule has 0 aromatic carbocycles. The minimum absolute atomic E-state index is 0.236. The quantitative estimate of drug-likeness (QED) is 0.746. The Balaban J connectivity index is 2.01. The van der Waals surface area contributed by atoms with Crippen LogP contribution in [-0.2, 0) is 4.74 Å². The average molecular weight is 253 g/mol. The predicted molar refractivity (Wildman–Crippen MR) is 66.8 cm³/mol. The fourth-order valence-electron chi connectivity index (χ4n) is 2.05. The molecule has 0 spiro atoms. The zero-order valence-electron chi connectivity index (χ0n) is 11.0. The molecule has 1 aliphatic heterocycles. The van der Waals surface area contributed by atoms with Crippen LogP contribution in [0.3, 0.4) is 0 Å². The van der Waals surface area contributed by atoms with Crippen molar-refractivity contribution in [1.29, 1.82) is 0 Å². The maximum absolute atomic E-state index is 11.5. The van der Waals surface area contributed by atoms with E-state index in [2.05, 4.69) is 24.0 Å². The van der Waals surface area contributed by atoms with E-state index in [4.69, 9.17) is 9.15 Å². The van der Waals surface area contributed by atoms with Crippen LogP contribution in [0.5, 0.6) is 0 Å². The molecule has 1 fully saturated rings. The summed E-state index contributed by atoms with van der Waals surface area (Å²) in [5, 5.41) is 0. The highest BCUT2D eigenvalue weighted by Gasteiger charge is 2.27. The molecule has 0 amide bonds. The fraction of sp³-hybridized carbons (Fsp3) is 0.667. The normalized spacial score (nSPS) is 19.6. The van der Waals surface area contributed by atoms with Crippen molar-refractivity contribution in [2.75, 3.05) is 38.7 Å². The van der Waals surface area contributed by atoms with E-state index in [9.17, 15) is 4.79 Å². The van der Waals surface area contributed by atoms with Crippen LogP contribution in [-0.4, -0.2) is 55.7 Å². The summed E-state index contributed by atoms with van der Waals surface area (Å²) in [4.78, 5) is 19.9. The molecule has 1 aliphatic rings. The van der Waals surface area contributed by atoms with Gasteiger partial charge in [-0.05, 0) is 27.4 Å². The first-order valence-corrected chi connectivity index (χ1v) is 6.15. The molecule has 1 unspecified atom stereocenters. The van der Waals surface area contributed by atoms with Gasteiger partial charge in [0.15, 0.2) is 5.69 Å². The van der Waals surface area contributed by atoms with Gasteiger partial charge in [0.05, 0.1) is 6.61 Å². The lowest BCUT2D eigenvalue weighted by Crippen LogP contribution is -2.31. The Morgan fingerprint density at radius 3 is 3.06 bits per heavy atom. The van der Waals surface area contributed by atoms with Gasteiger partial charge in [0, 0.05) is 19.1 Å². The SMILES string of the molecule is CCOC(=O)c1coc(N2CCC(N(C)C)C2)n1. The second kappa shape index (κ2) is 5.39. The molecular formula is C12H19N3O3. The third kappa shape index (κ3) is 2.64. The molecule has 2 heterocycles. The summed E-state index contributed by atoms with van der Waals surface area (Å²) < 4.78 is 10.2. The highest BCUT2D eigenvalue weighted by Crippen LogP contribution is 2.21. The van der Waals surface area contributed by atoms with Crippen LogP contribution in [0, 0.1) is 0 Å². The molecule has 6 heteroatoms. The van der Waals surface area contributed by atoms with E-state index in [0.29, 0.717) is 18.7 Å². The predicted octanol–water partition coefficient (Wildman–Crippen LogP) is 0.992. The second-order valence-electron chi connectivity index (χ2n) is 4.59.